The first-order valence-electron chi connectivity index (χ1n) is 5.50. The molecule has 0 N–H and O–H groups in total. The Hall–Kier alpha value is -3.66. The molecule has 2 aromatic heterocycles. The van der Waals surface area contributed by atoms with Crippen LogP contribution in [0, 0.1) is 20.2 Å². The second-order valence-corrected chi connectivity index (χ2v) is 2.94. The van der Waals surface area contributed by atoms with Crippen molar-refractivity contribution in [1.82, 2.24) is 9.97 Å². The molecule has 0 radical (unpaired) electrons. The van der Waals surface area contributed by atoms with E-state index in [1.54, 1.807) is 49.1 Å². The minimum absolute atomic E-state index is 0. The fourth-order valence-electron chi connectivity index (χ4n) is 0.925. The molecule has 0 aliphatic carbocycles. The van der Waals surface area contributed by atoms with Crippen LogP contribution in [0.25, 0.3) is 20.9 Å². The van der Waals surface area contributed by atoms with E-state index in [0.717, 1.165) is 10.7 Å². The number of nitrogens with zero attached hydrogens (tertiary/aromatic N) is 10. The summed E-state index contributed by atoms with van der Waals surface area (Å²) in [6, 6.07) is 6.55. The van der Waals surface area contributed by atoms with E-state index in [1.165, 1.54) is 0 Å². The first-order chi connectivity index (χ1) is 11.7. The summed E-state index contributed by atoms with van der Waals surface area (Å²) in [4.78, 5) is 28.7. The molecular weight excluding hydrogens is 390 g/mol. The van der Waals surface area contributed by atoms with E-state index in [1.807, 2.05) is 0 Å². The largest absolute Gasteiger partial charge is 2.00 e. The number of pyridine rings is 2. The SMILES string of the molecule is O=N[O-].O=N[O-].[N-]=[N+]=Nc1ccncc1.[N-]=[N+]=Nc1ccncc1.[Zn+2]. The van der Waals surface area contributed by atoms with E-state index in [-0.39, 0.29) is 19.5 Å². The number of azide groups is 2. The molecule has 0 aliphatic heterocycles. The predicted molar refractivity (Wildman–Crippen MR) is 84.4 cm³/mol. The summed E-state index contributed by atoms with van der Waals surface area (Å²) in [6.07, 6.45) is 6.29. The third-order valence-electron chi connectivity index (χ3n) is 1.65. The third-order valence-corrected chi connectivity index (χ3v) is 1.65. The van der Waals surface area contributed by atoms with Crippen LogP contribution >= 0.6 is 0 Å². The van der Waals surface area contributed by atoms with Crippen molar-refractivity contribution in [3.8, 4) is 0 Å². The molecule has 2 aromatic rings. The van der Waals surface area contributed by atoms with Crippen molar-refractivity contribution >= 4 is 11.4 Å². The Morgan fingerprint density at radius 1 is 0.760 bits per heavy atom. The van der Waals surface area contributed by atoms with E-state index in [0.29, 0.717) is 11.4 Å². The molecule has 14 nitrogen and oxygen atoms in total. The average molecular weight is 398 g/mol. The van der Waals surface area contributed by atoms with Gasteiger partial charge in [-0.25, -0.2) is 0 Å². The first kappa shape index (κ1) is 26.3. The van der Waals surface area contributed by atoms with E-state index in [4.69, 9.17) is 31.3 Å². The molecule has 2 rings (SSSR count). The second-order valence-electron chi connectivity index (χ2n) is 2.94. The van der Waals surface area contributed by atoms with Gasteiger partial charge >= 0.3 is 19.5 Å². The van der Waals surface area contributed by atoms with Crippen LogP contribution in [0.5, 0.6) is 0 Å². The number of rotatable bonds is 2. The molecule has 0 amide bonds. The van der Waals surface area contributed by atoms with Crippen molar-refractivity contribution in [2.24, 2.45) is 20.9 Å². The molecule has 0 atom stereocenters. The fourth-order valence-corrected chi connectivity index (χ4v) is 0.925. The number of hydrogen-bond donors (Lipinski definition) is 0. The van der Waals surface area contributed by atoms with Crippen LogP contribution in [-0.2, 0) is 19.5 Å². The molecule has 0 unspecified atom stereocenters. The monoisotopic (exact) mass is 396 g/mol. The maximum absolute atomic E-state index is 8.00. The average Bonchev–Trinajstić information content (AvgIpc) is 2.59. The van der Waals surface area contributed by atoms with Gasteiger partial charge in [0.15, 0.2) is 0 Å². The molecule has 0 spiro atoms. The molecule has 0 fully saturated rings. The Balaban J connectivity index is -0.000000287. The molecule has 2 heterocycles. The molecule has 15 heteroatoms. The van der Waals surface area contributed by atoms with Crippen LogP contribution in [-0.4, -0.2) is 9.97 Å². The van der Waals surface area contributed by atoms with Crippen LogP contribution in [0.3, 0.4) is 0 Å². The van der Waals surface area contributed by atoms with E-state index < -0.39 is 0 Å². The summed E-state index contributed by atoms with van der Waals surface area (Å²) in [5.74, 6) is 0. The van der Waals surface area contributed by atoms with Gasteiger partial charge in [-0.15, -0.1) is 10.7 Å². The molecule has 0 bridgehead atoms. The first-order valence-corrected chi connectivity index (χ1v) is 5.50. The van der Waals surface area contributed by atoms with Crippen molar-refractivity contribution in [2.75, 3.05) is 0 Å². The van der Waals surface area contributed by atoms with Crippen molar-refractivity contribution in [3.63, 3.8) is 0 Å². The van der Waals surface area contributed by atoms with Gasteiger partial charge in [0.25, 0.3) is 0 Å². The van der Waals surface area contributed by atoms with Gasteiger partial charge in [0.1, 0.15) is 0 Å². The topological polar surface area (TPSA) is 228 Å². The third kappa shape index (κ3) is 20.3. The quantitative estimate of drug-likeness (QED) is 0.176. The van der Waals surface area contributed by atoms with Crippen molar-refractivity contribution in [2.45, 2.75) is 0 Å². The normalized spacial score (nSPS) is 6.72. The van der Waals surface area contributed by atoms with Gasteiger partial charge in [0.2, 0.25) is 0 Å². The Morgan fingerprint density at radius 3 is 1.20 bits per heavy atom. The standard InChI is InChI=1S/2C5H4N4.2HNO2.Zn/c2*6-9-8-5-1-3-7-4-2-5;2*2-1-3;/h2*1-4H;2*(H,2,3);/q;;;;+2/p-2. The zero-order valence-corrected chi connectivity index (χ0v) is 15.4. The van der Waals surface area contributed by atoms with Gasteiger partial charge in [-0.1, -0.05) is 10.2 Å². The fraction of sp³-hybridized carbons (Fsp3) is 0. The minimum Gasteiger partial charge on any atom is -0.444 e. The van der Waals surface area contributed by atoms with Crippen LogP contribution in [0.4, 0.5) is 11.4 Å². The Morgan fingerprint density at radius 2 is 1.00 bits per heavy atom. The van der Waals surface area contributed by atoms with E-state index in [9.17, 15) is 0 Å². The molecule has 0 aromatic carbocycles. The predicted octanol–water partition coefficient (Wildman–Crippen LogP) is 4.55. The van der Waals surface area contributed by atoms with Crippen molar-refractivity contribution in [1.29, 1.82) is 0 Å². The van der Waals surface area contributed by atoms with Crippen LogP contribution in [0.2, 0.25) is 0 Å². The zero-order chi connectivity index (χ0) is 18.5. The summed E-state index contributed by atoms with van der Waals surface area (Å²) in [5, 5.41) is 24.7. The van der Waals surface area contributed by atoms with Gasteiger partial charge in [-0.3, -0.25) is 9.97 Å². The minimum atomic E-state index is 0. The molecule has 25 heavy (non-hydrogen) atoms. The smallest absolute Gasteiger partial charge is 0.444 e. The van der Waals surface area contributed by atoms with Gasteiger partial charge in [-0.2, -0.15) is 0 Å². The molecule has 0 aliphatic rings. The summed E-state index contributed by atoms with van der Waals surface area (Å²) in [6.45, 7) is 0. The maximum Gasteiger partial charge on any atom is 2.00 e. The molecule has 124 valence electrons. The summed E-state index contributed by atoms with van der Waals surface area (Å²) >= 11 is 0. The molecular formula is C10H8N10O4Zn. The van der Waals surface area contributed by atoms with Crippen LogP contribution in [0.1, 0.15) is 0 Å². The van der Waals surface area contributed by atoms with Gasteiger partial charge in [-0.05, 0) is 35.3 Å². The van der Waals surface area contributed by atoms with Crippen molar-refractivity contribution < 1.29 is 19.5 Å². The van der Waals surface area contributed by atoms with Gasteiger partial charge in [0.05, 0.1) is 0 Å². The molecule has 0 saturated carbocycles. The Labute approximate surface area is 152 Å². The van der Waals surface area contributed by atoms with E-state index in [2.05, 4.69) is 30.0 Å². The summed E-state index contributed by atoms with van der Waals surface area (Å²) in [5.41, 5.74) is 17.1. The maximum atomic E-state index is 8.00. The van der Waals surface area contributed by atoms with Crippen molar-refractivity contribution in [3.05, 3.63) is 90.2 Å². The van der Waals surface area contributed by atoms with Crippen LogP contribution in [0.15, 0.2) is 70.0 Å². The molecule has 0 saturated heterocycles. The second kappa shape index (κ2) is 22.6. The number of hydrogen-bond acceptors (Lipinski definition) is 10. The number of aromatic nitrogens is 2. The Kier molecular flexibility index (Phi) is 23.8. The summed E-state index contributed by atoms with van der Waals surface area (Å²) < 4.78 is 0. The van der Waals surface area contributed by atoms with Gasteiger partial charge in [0, 0.05) is 46.0 Å². The van der Waals surface area contributed by atoms with Crippen LogP contribution < -0.4 is 0 Å². The van der Waals surface area contributed by atoms with E-state index >= 15 is 0 Å². The van der Waals surface area contributed by atoms with Gasteiger partial charge < -0.3 is 20.2 Å². The zero-order valence-electron chi connectivity index (χ0n) is 12.4. The summed E-state index contributed by atoms with van der Waals surface area (Å²) in [7, 11) is 0. The Bertz CT molecular complexity index is 602.